The second kappa shape index (κ2) is 5.45. The molecular weight excluding hydrogens is 298 g/mol. The molecule has 10 heteroatoms. The molecule has 0 radical (unpaired) electrons. The summed E-state index contributed by atoms with van der Waals surface area (Å²) in [5, 5.41) is 6.01. The maximum atomic E-state index is 12.6. The van der Waals surface area contributed by atoms with Gasteiger partial charge in [-0.25, -0.2) is 8.42 Å². The number of carbonyl (C=O) groups is 2. The number of hydrogen-bond donors (Lipinski definition) is 2. The predicted octanol–water partition coefficient (Wildman–Crippen LogP) is -1.09. The first kappa shape index (κ1) is 15.4. The van der Waals surface area contributed by atoms with Crippen LogP contribution in [0.15, 0.2) is 11.1 Å². The third-order valence-corrected chi connectivity index (χ3v) is 5.10. The Morgan fingerprint density at radius 1 is 1.48 bits per heavy atom. The lowest BCUT2D eigenvalue weighted by atomic mass is 10.2. The van der Waals surface area contributed by atoms with Crippen LogP contribution >= 0.6 is 0 Å². The second-order valence-electron chi connectivity index (χ2n) is 4.78. The fourth-order valence-corrected chi connectivity index (χ4v) is 3.68. The van der Waals surface area contributed by atoms with Crippen molar-refractivity contribution < 1.29 is 18.0 Å². The van der Waals surface area contributed by atoms with E-state index in [0.717, 1.165) is 10.7 Å². The van der Waals surface area contributed by atoms with Crippen molar-refractivity contribution in [3.05, 3.63) is 6.20 Å². The summed E-state index contributed by atoms with van der Waals surface area (Å²) in [4.78, 5) is 22.8. The molecule has 116 valence electrons. The predicted molar refractivity (Wildman–Crippen MR) is 73.4 cm³/mol. The molecule has 0 spiro atoms. The van der Waals surface area contributed by atoms with Gasteiger partial charge in [0.2, 0.25) is 21.8 Å². The number of nitrogens with zero attached hydrogens (tertiary/aromatic N) is 3. The number of imide groups is 1. The lowest BCUT2D eigenvalue weighted by Gasteiger charge is -2.30. The number of hydrogen-bond acceptors (Lipinski definition) is 6. The molecule has 1 saturated heterocycles. The van der Waals surface area contributed by atoms with Crippen molar-refractivity contribution >= 4 is 27.7 Å². The third kappa shape index (κ3) is 2.76. The van der Waals surface area contributed by atoms with E-state index in [1.807, 2.05) is 6.92 Å². The quantitative estimate of drug-likeness (QED) is 0.680. The highest BCUT2D eigenvalue weighted by Crippen LogP contribution is 2.24. The minimum atomic E-state index is -4.06. The molecule has 1 aromatic heterocycles. The van der Waals surface area contributed by atoms with Crippen LogP contribution in [0.25, 0.3) is 0 Å². The number of aryl methyl sites for hydroxylation is 1. The molecule has 0 saturated carbocycles. The molecule has 0 aromatic carbocycles. The summed E-state index contributed by atoms with van der Waals surface area (Å²) in [6.45, 7) is 3.43. The molecule has 3 N–H and O–H groups in total. The molecule has 21 heavy (non-hydrogen) atoms. The number of aromatic nitrogens is 2. The third-order valence-electron chi connectivity index (χ3n) is 3.17. The van der Waals surface area contributed by atoms with E-state index < -0.39 is 34.4 Å². The molecule has 1 aromatic rings. The summed E-state index contributed by atoms with van der Waals surface area (Å²) in [6, 6.07) is -0.985. The Hall–Kier alpha value is -1.94. The Morgan fingerprint density at radius 3 is 2.76 bits per heavy atom. The highest BCUT2D eigenvalue weighted by molar-refractivity contribution is 7.89. The largest absolute Gasteiger partial charge is 0.381 e. The molecule has 1 unspecified atom stereocenters. The van der Waals surface area contributed by atoms with Gasteiger partial charge in [-0.1, -0.05) is 6.92 Å². The molecule has 2 rings (SSSR count). The van der Waals surface area contributed by atoms with Gasteiger partial charge in [-0.15, -0.1) is 0 Å². The van der Waals surface area contributed by atoms with Crippen LogP contribution in [0.3, 0.4) is 0 Å². The van der Waals surface area contributed by atoms with Crippen LogP contribution in [0.2, 0.25) is 0 Å². The zero-order valence-corrected chi connectivity index (χ0v) is 12.6. The molecule has 1 fully saturated rings. The lowest BCUT2D eigenvalue weighted by molar-refractivity contribution is -0.136. The van der Waals surface area contributed by atoms with E-state index in [2.05, 4.69) is 10.4 Å². The van der Waals surface area contributed by atoms with Crippen LogP contribution in [0.5, 0.6) is 0 Å². The van der Waals surface area contributed by atoms with Crippen molar-refractivity contribution in [3.8, 4) is 0 Å². The summed E-state index contributed by atoms with van der Waals surface area (Å²) in [7, 11) is -4.06. The first-order valence-corrected chi connectivity index (χ1v) is 7.89. The molecule has 1 aliphatic heterocycles. The maximum absolute atomic E-state index is 12.6. The Labute approximate surface area is 122 Å². The van der Waals surface area contributed by atoms with Gasteiger partial charge in [0, 0.05) is 12.7 Å². The van der Waals surface area contributed by atoms with Gasteiger partial charge in [0.1, 0.15) is 10.9 Å². The molecule has 0 bridgehead atoms. The minimum absolute atomic E-state index is 0.144. The van der Waals surface area contributed by atoms with Gasteiger partial charge in [0.15, 0.2) is 5.82 Å². The van der Waals surface area contributed by atoms with Crippen molar-refractivity contribution in [2.24, 2.45) is 0 Å². The molecule has 1 atom stereocenters. The Balaban J connectivity index is 2.41. The van der Waals surface area contributed by atoms with Gasteiger partial charge in [0.05, 0.1) is 6.54 Å². The number of amides is 2. The summed E-state index contributed by atoms with van der Waals surface area (Å²) in [5.74, 6) is -1.47. The average molecular weight is 315 g/mol. The van der Waals surface area contributed by atoms with Gasteiger partial charge in [0.25, 0.3) is 0 Å². The fraction of sp³-hybridized carbons (Fsp3) is 0.545. The molecule has 9 nitrogen and oxygen atoms in total. The first-order chi connectivity index (χ1) is 9.77. The first-order valence-electron chi connectivity index (χ1n) is 6.45. The van der Waals surface area contributed by atoms with E-state index in [1.54, 1.807) is 0 Å². The summed E-state index contributed by atoms with van der Waals surface area (Å²) < 4.78 is 27.4. The van der Waals surface area contributed by atoms with Crippen LogP contribution in [-0.4, -0.2) is 46.9 Å². The van der Waals surface area contributed by atoms with Crippen LogP contribution in [0.4, 0.5) is 5.82 Å². The normalized spacial score (nSPS) is 20.6. The van der Waals surface area contributed by atoms with Crippen molar-refractivity contribution in [1.29, 1.82) is 0 Å². The van der Waals surface area contributed by atoms with E-state index in [-0.39, 0.29) is 10.7 Å². The van der Waals surface area contributed by atoms with Gasteiger partial charge >= 0.3 is 0 Å². The van der Waals surface area contributed by atoms with Crippen LogP contribution < -0.4 is 11.1 Å². The molecule has 0 aliphatic carbocycles. The Morgan fingerprint density at radius 2 is 2.14 bits per heavy atom. The average Bonchev–Trinajstić information content (AvgIpc) is 2.76. The molecular formula is C11H17N5O4S. The number of nitrogen functional groups attached to an aromatic ring is 1. The number of nitrogens with two attached hydrogens (primary N) is 1. The zero-order chi connectivity index (χ0) is 15.8. The van der Waals surface area contributed by atoms with Crippen molar-refractivity contribution in [3.63, 3.8) is 0 Å². The maximum Gasteiger partial charge on any atom is 0.249 e. The van der Waals surface area contributed by atoms with Crippen molar-refractivity contribution in [2.45, 2.75) is 37.8 Å². The van der Waals surface area contributed by atoms with Gasteiger partial charge in [-0.2, -0.15) is 9.40 Å². The van der Waals surface area contributed by atoms with E-state index in [1.165, 1.54) is 17.8 Å². The van der Waals surface area contributed by atoms with Gasteiger partial charge in [-0.05, 0) is 13.3 Å². The fourth-order valence-electron chi connectivity index (χ4n) is 2.07. The van der Waals surface area contributed by atoms with Crippen LogP contribution in [0.1, 0.15) is 20.3 Å². The number of anilines is 1. The number of sulfonamides is 1. The monoisotopic (exact) mass is 315 g/mol. The summed E-state index contributed by atoms with van der Waals surface area (Å²) in [5.41, 5.74) is 5.66. The Bertz CT molecular complexity index is 681. The topological polar surface area (TPSA) is 127 Å². The smallest absolute Gasteiger partial charge is 0.249 e. The van der Waals surface area contributed by atoms with Crippen molar-refractivity contribution in [2.75, 3.05) is 12.3 Å². The van der Waals surface area contributed by atoms with E-state index >= 15 is 0 Å². The standard InChI is InChI=1S/C11H17N5O4S/c1-3-4-15-5-8(10(12)14-15)21(19,20)16-6-9(17)13-11(18)7(16)2/h5,7H,3-4,6H2,1-2H3,(H2,12,14)(H,13,17,18). The lowest BCUT2D eigenvalue weighted by Crippen LogP contribution is -2.58. The summed E-state index contributed by atoms with van der Waals surface area (Å²) in [6.07, 6.45) is 2.08. The van der Waals surface area contributed by atoms with E-state index in [0.29, 0.717) is 6.54 Å². The van der Waals surface area contributed by atoms with Crippen LogP contribution in [0, 0.1) is 0 Å². The van der Waals surface area contributed by atoms with Crippen LogP contribution in [-0.2, 0) is 26.2 Å². The van der Waals surface area contributed by atoms with Crippen molar-refractivity contribution in [1.82, 2.24) is 19.4 Å². The minimum Gasteiger partial charge on any atom is -0.381 e. The number of piperazine rings is 1. The number of nitrogens with one attached hydrogen (secondary N) is 1. The Kier molecular flexibility index (Phi) is 4.01. The molecule has 2 heterocycles. The number of carbonyl (C=O) groups excluding carboxylic acids is 2. The molecule has 2 amide bonds. The summed E-state index contributed by atoms with van der Waals surface area (Å²) >= 11 is 0. The van der Waals surface area contributed by atoms with E-state index in [4.69, 9.17) is 5.73 Å². The molecule has 1 aliphatic rings. The highest BCUT2D eigenvalue weighted by atomic mass is 32.2. The zero-order valence-electron chi connectivity index (χ0n) is 11.7. The van der Waals surface area contributed by atoms with Gasteiger partial charge in [-0.3, -0.25) is 19.6 Å². The van der Waals surface area contributed by atoms with Gasteiger partial charge < -0.3 is 5.73 Å². The van der Waals surface area contributed by atoms with E-state index in [9.17, 15) is 18.0 Å². The SMILES string of the molecule is CCCn1cc(S(=O)(=O)N2CC(=O)NC(=O)C2C)c(N)n1. The number of rotatable bonds is 4. The highest BCUT2D eigenvalue weighted by Gasteiger charge is 2.40. The second-order valence-corrected chi connectivity index (χ2v) is 6.64.